The Balaban J connectivity index is 1.66. The van der Waals surface area contributed by atoms with Gasteiger partial charge in [-0.05, 0) is 54.5 Å². The fourth-order valence-electron chi connectivity index (χ4n) is 2.67. The van der Waals surface area contributed by atoms with Crippen LogP contribution in [0.4, 0.5) is 10.1 Å². The second-order valence-electron chi connectivity index (χ2n) is 6.44. The zero-order chi connectivity index (χ0) is 20.6. The van der Waals surface area contributed by atoms with Crippen LogP contribution in [0.3, 0.4) is 0 Å². The van der Waals surface area contributed by atoms with Crippen LogP contribution in [0.5, 0.6) is 5.75 Å². The topological polar surface area (TPSA) is 62.1 Å². The second kappa shape index (κ2) is 9.34. The van der Waals surface area contributed by atoms with E-state index in [1.807, 2.05) is 31.2 Å². The number of hydrogen-bond donors (Lipinski definition) is 1. The van der Waals surface area contributed by atoms with Gasteiger partial charge in [0.2, 0.25) is 0 Å². The Bertz CT molecular complexity index is 1080. The van der Waals surface area contributed by atoms with Crippen molar-refractivity contribution in [1.29, 1.82) is 5.26 Å². The first-order chi connectivity index (χ1) is 14.0. The summed E-state index contributed by atoms with van der Waals surface area (Å²) in [4.78, 5) is 12.4. The molecule has 0 saturated carbocycles. The Morgan fingerprint density at radius 2 is 1.86 bits per heavy atom. The maximum Gasteiger partial charge on any atom is 0.266 e. The quantitative estimate of drug-likeness (QED) is 0.464. The highest BCUT2D eigenvalue weighted by Crippen LogP contribution is 2.18. The molecule has 3 aromatic carbocycles. The minimum atomic E-state index is -0.474. The molecule has 0 aliphatic heterocycles. The standard InChI is InChI=1S/C24H19FN2O2/c1-17-5-4-7-21(13-17)27-24(28)20(15-26)14-18-9-11-22(12-10-18)29-16-19-6-2-3-8-23(19)25/h2-14H,16H2,1H3,(H,27,28)/b20-14-. The van der Waals surface area contributed by atoms with Gasteiger partial charge in [0, 0.05) is 11.3 Å². The predicted molar refractivity (Wildman–Crippen MR) is 111 cm³/mol. The molecule has 0 aliphatic rings. The highest BCUT2D eigenvalue weighted by Gasteiger charge is 2.10. The number of halogens is 1. The van der Waals surface area contributed by atoms with Crippen LogP contribution >= 0.6 is 0 Å². The van der Waals surface area contributed by atoms with Crippen molar-refractivity contribution < 1.29 is 13.9 Å². The summed E-state index contributed by atoms with van der Waals surface area (Å²) in [7, 11) is 0. The minimum Gasteiger partial charge on any atom is -0.489 e. The minimum absolute atomic E-state index is 0.00784. The third-order valence-corrected chi connectivity index (χ3v) is 4.18. The molecule has 0 unspecified atom stereocenters. The monoisotopic (exact) mass is 386 g/mol. The number of nitrogens with zero attached hydrogens (tertiary/aromatic N) is 1. The normalized spacial score (nSPS) is 10.9. The van der Waals surface area contributed by atoms with E-state index in [4.69, 9.17) is 4.74 Å². The number of amides is 1. The molecule has 144 valence electrons. The van der Waals surface area contributed by atoms with E-state index in [9.17, 15) is 14.4 Å². The summed E-state index contributed by atoms with van der Waals surface area (Å²) in [6, 6.07) is 22.6. The number of rotatable bonds is 6. The summed E-state index contributed by atoms with van der Waals surface area (Å²) in [5, 5.41) is 12.1. The summed E-state index contributed by atoms with van der Waals surface area (Å²) in [6.45, 7) is 2.04. The third kappa shape index (κ3) is 5.53. The fraction of sp³-hybridized carbons (Fsp3) is 0.0833. The summed E-state index contributed by atoms with van der Waals surface area (Å²) >= 11 is 0. The van der Waals surface area contributed by atoms with Crippen molar-refractivity contribution in [2.75, 3.05) is 5.32 Å². The van der Waals surface area contributed by atoms with Crippen LogP contribution in [0.2, 0.25) is 0 Å². The number of nitriles is 1. The van der Waals surface area contributed by atoms with E-state index in [2.05, 4.69) is 5.32 Å². The number of hydrogen-bond acceptors (Lipinski definition) is 3. The molecule has 3 aromatic rings. The number of aryl methyl sites for hydroxylation is 1. The van der Waals surface area contributed by atoms with Crippen LogP contribution in [0.25, 0.3) is 6.08 Å². The van der Waals surface area contributed by atoms with Gasteiger partial charge in [-0.15, -0.1) is 0 Å². The lowest BCUT2D eigenvalue weighted by molar-refractivity contribution is -0.112. The number of carbonyl (C=O) groups is 1. The van der Waals surface area contributed by atoms with Crippen LogP contribution < -0.4 is 10.1 Å². The molecule has 0 aliphatic carbocycles. The molecule has 4 nitrogen and oxygen atoms in total. The summed E-state index contributed by atoms with van der Waals surface area (Å²) in [5.41, 5.74) is 2.78. The Hall–Kier alpha value is -3.91. The van der Waals surface area contributed by atoms with Gasteiger partial charge in [0.1, 0.15) is 29.8 Å². The van der Waals surface area contributed by atoms with Gasteiger partial charge in [-0.25, -0.2) is 4.39 Å². The largest absolute Gasteiger partial charge is 0.489 e. The predicted octanol–water partition coefficient (Wildman–Crippen LogP) is 5.26. The molecule has 0 spiro atoms. The second-order valence-corrected chi connectivity index (χ2v) is 6.44. The van der Waals surface area contributed by atoms with E-state index >= 15 is 0 Å². The molecule has 29 heavy (non-hydrogen) atoms. The first-order valence-electron chi connectivity index (χ1n) is 9.01. The smallest absolute Gasteiger partial charge is 0.266 e. The van der Waals surface area contributed by atoms with Crippen molar-refractivity contribution in [3.05, 3.63) is 101 Å². The molecule has 1 N–H and O–H groups in total. The van der Waals surface area contributed by atoms with Crippen molar-refractivity contribution in [1.82, 2.24) is 0 Å². The highest BCUT2D eigenvalue weighted by atomic mass is 19.1. The lowest BCUT2D eigenvalue weighted by atomic mass is 10.1. The number of benzene rings is 3. The fourth-order valence-corrected chi connectivity index (χ4v) is 2.67. The van der Waals surface area contributed by atoms with Gasteiger partial charge >= 0.3 is 0 Å². The van der Waals surface area contributed by atoms with E-state index in [0.717, 1.165) is 5.56 Å². The summed E-state index contributed by atoms with van der Waals surface area (Å²) in [5.74, 6) is -0.226. The molecular formula is C24H19FN2O2. The van der Waals surface area contributed by atoms with Gasteiger partial charge in [-0.1, -0.05) is 42.5 Å². The van der Waals surface area contributed by atoms with Gasteiger partial charge in [0.15, 0.2) is 0 Å². The Labute approximate surface area is 168 Å². The van der Waals surface area contributed by atoms with Gasteiger partial charge in [-0.3, -0.25) is 4.79 Å². The summed E-state index contributed by atoms with van der Waals surface area (Å²) < 4.78 is 19.2. The average molecular weight is 386 g/mol. The molecule has 0 atom stereocenters. The van der Waals surface area contributed by atoms with Crippen LogP contribution in [0, 0.1) is 24.1 Å². The van der Waals surface area contributed by atoms with Crippen LogP contribution in [-0.4, -0.2) is 5.91 Å². The van der Waals surface area contributed by atoms with Crippen LogP contribution in [0.1, 0.15) is 16.7 Å². The Kier molecular flexibility index (Phi) is 6.39. The maximum absolute atomic E-state index is 13.6. The van der Waals surface area contributed by atoms with Gasteiger partial charge in [-0.2, -0.15) is 5.26 Å². The van der Waals surface area contributed by atoms with E-state index < -0.39 is 5.91 Å². The molecule has 0 radical (unpaired) electrons. The first-order valence-corrected chi connectivity index (χ1v) is 9.01. The van der Waals surface area contributed by atoms with Crippen LogP contribution in [0.15, 0.2) is 78.4 Å². The SMILES string of the molecule is Cc1cccc(NC(=O)/C(C#N)=C\c2ccc(OCc3ccccc3F)cc2)c1. The van der Waals surface area contributed by atoms with Crippen molar-refractivity contribution in [3.8, 4) is 11.8 Å². The number of nitrogens with one attached hydrogen (secondary N) is 1. The third-order valence-electron chi connectivity index (χ3n) is 4.18. The van der Waals surface area contributed by atoms with Crippen LogP contribution in [-0.2, 0) is 11.4 Å². The molecule has 0 fully saturated rings. The number of anilines is 1. The zero-order valence-electron chi connectivity index (χ0n) is 15.9. The van der Waals surface area contributed by atoms with E-state index in [1.165, 1.54) is 12.1 Å². The molecule has 5 heteroatoms. The lowest BCUT2D eigenvalue weighted by Gasteiger charge is -2.08. The molecular weight excluding hydrogens is 367 g/mol. The number of ether oxygens (including phenoxy) is 1. The molecule has 1 amide bonds. The molecule has 3 rings (SSSR count). The lowest BCUT2D eigenvalue weighted by Crippen LogP contribution is -2.13. The van der Waals surface area contributed by atoms with Gasteiger partial charge < -0.3 is 10.1 Å². The van der Waals surface area contributed by atoms with Crippen molar-refractivity contribution >= 4 is 17.7 Å². The summed E-state index contributed by atoms with van der Waals surface area (Å²) in [6.07, 6.45) is 1.51. The van der Waals surface area contributed by atoms with Gasteiger partial charge in [0.05, 0.1) is 0 Å². The van der Waals surface area contributed by atoms with Crippen molar-refractivity contribution in [2.24, 2.45) is 0 Å². The molecule has 0 heterocycles. The average Bonchev–Trinajstić information content (AvgIpc) is 2.72. The molecule has 0 bridgehead atoms. The van der Waals surface area contributed by atoms with Crippen molar-refractivity contribution in [3.63, 3.8) is 0 Å². The Morgan fingerprint density at radius 1 is 1.10 bits per heavy atom. The first kappa shape index (κ1) is 19.8. The molecule has 0 aromatic heterocycles. The van der Waals surface area contributed by atoms with E-state index in [1.54, 1.807) is 48.5 Å². The van der Waals surface area contributed by atoms with Crippen molar-refractivity contribution in [2.45, 2.75) is 13.5 Å². The highest BCUT2D eigenvalue weighted by molar-refractivity contribution is 6.09. The number of carbonyl (C=O) groups excluding carboxylic acids is 1. The van der Waals surface area contributed by atoms with E-state index in [0.29, 0.717) is 22.6 Å². The van der Waals surface area contributed by atoms with Gasteiger partial charge in [0.25, 0.3) is 5.91 Å². The van der Waals surface area contributed by atoms with E-state index in [-0.39, 0.29) is 18.0 Å². The maximum atomic E-state index is 13.6. The Morgan fingerprint density at radius 3 is 2.55 bits per heavy atom. The zero-order valence-corrected chi connectivity index (χ0v) is 15.9. The molecule has 0 saturated heterocycles.